The van der Waals surface area contributed by atoms with E-state index in [9.17, 15) is 13.2 Å². The minimum Gasteiger partial charge on any atom is -0.307 e. The van der Waals surface area contributed by atoms with Crippen LogP contribution >= 0.6 is 15.9 Å². The van der Waals surface area contributed by atoms with Crippen molar-refractivity contribution in [2.75, 3.05) is 0 Å². The van der Waals surface area contributed by atoms with Crippen molar-refractivity contribution in [3.8, 4) is 11.4 Å². The highest BCUT2D eigenvalue weighted by Gasteiger charge is 2.34. The molecule has 0 fully saturated rings. The third-order valence-corrected chi connectivity index (χ3v) is 3.58. The second-order valence-electron chi connectivity index (χ2n) is 4.46. The average molecular weight is 344 g/mol. The normalized spacial score (nSPS) is 14.4. The smallest absolute Gasteiger partial charge is 0.307 e. The molecule has 0 unspecified atom stereocenters. The molecule has 2 heterocycles. The van der Waals surface area contributed by atoms with Crippen molar-refractivity contribution in [1.29, 1.82) is 0 Å². The molecule has 0 saturated carbocycles. The van der Waals surface area contributed by atoms with E-state index in [4.69, 9.17) is 0 Å². The molecule has 1 aliphatic rings. The van der Waals surface area contributed by atoms with Gasteiger partial charge in [-0.25, -0.2) is 9.97 Å². The van der Waals surface area contributed by atoms with Crippen LogP contribution in [0.3, 0.4) is 0 Å². The molecule has 0 bridgehead atoms. The van der Waals surface area contributed by atoms with Gasteiger partial charge in [0.1, 0.15) is 0 Å². The molecule has 0 spiro atoms. The Balaban J connectivity index is 2.15. The maximum Gasteiger partial charge on any atom is 0.417 e. The molecule has 0 radical (unpaired) electrons. The van der Waals surface area contributed by atoms with Crippen molar-refractivity contribution >= 4 is 15.9 Å². The van der Waals surface area contributed by atoms with Crippen LogP contribution in [0.15, 0.2) is 28.9 Å². The van der Waals surface area contributed by atoms with Gasteiger partial charge in [0.2, 0.25) is 0 Å². The number of nitrogens with one attached hydrogen (secondary N) is 1. The van der Waals surface area contributed by atoms with E-state index < -0.39 is 11.7 Å². The van der Waals surface area contributed by atoms with E-state index in [1.807, 2.05) is 0 Å². The molecule has 0 atom stereocenters. The second-order valence-corrected chi connectivity index (χ2v) is 5.37. The maximum absolute atomic E-state index is 13.1. The summed E-state index contributed by atoms with van der Waals surface area (Å²) in [5.74, 6) is 0.104. The number of halogens is 4. The highest BCUT2D eigenvalue weighted by molar-refractivity contribution is 9.10. The lowest BCUT2D eigenvalue weighted by molar-refractivity contribution is -0.137. The molecule has 0 aliphatic carbocycles. The third-order valence-electron chi connectivity index (χ3n) is 3.09. The van der Waals surface area contributed by atoms with E-state index in [2.05, 4.69) is 31.2 Å². The van der Waals surface area contributed by atoms with Crippen molar-refractivity contribution < 1.29 is 13.2 Å². The van der Waals surface area contributed by atoms with Crippen molar-refractivity contribution in [3.05, 3.63) is 45.7 Å². The minimum atomic E-state index is -4.44. The third kappa shape index (κ3) is 2.43. The number of rotatable bonds is 1. The zero-order valence-electron chi connectivity index (χ0n) is 10.1. The first-order valence-electron chi connectivity index (χ1n) is 5.88. The number of hydrogen-bond donors (Lipinski definition) is 1. The summed E-state index contributed by atoms with van der Waals surface area (Å²) in [6.07, 6.45) is -2.86. The van der Waals surface area contributed by atoms with Gasteiger partial charge in [-0.2, -0.15) is 13.2 Å². The van der Waals surface area contributed by atoms with Crippen molar-refractivity contribution in [1.82, 2.24) is 15.3 Å². The Labute approximate surface area is 121 Å². The molecule has 3 rings (SSSR count). The molecule has 0 saturated heterocycles. The van der Waals surface area contributed by atoms with Gasteiger partial charge in [0.15, 0.2) is 5.82 Å². The first kappa shape index (κ1) is 13.5. The summed E-state index contributed by atoms with van der Waals surface area (Å²) in [5, 5.41) is 3.09. The fourth-order valence-corrected chi connectivity index (χ4v) is 2.50. The van der Waals surface area contributed by atoms with E-state index in [1.165, 1.54) is 6.07 Å². The number of alkyl halides is 3. The van der Waals surface area contributed by atoms with Gasteiger partial charge in [0, 0.05) is 34.9 Å². The van der Waals surface area contributed by atoms with Crippen LogP contribution in [0.1, 0.15) is 16.8 Å². The number of benzene rings is 1. The number of fused-ring (bicyclic) bond motifs is 1. The minimum absolute atomic E-state index is 0.00426. The standard InChI is InChI=1S/C13H9BrF3N3/c14-8-1-2-9(10(3-8)13(15,16)17)12-19-5-7-4-18-6-11(7)20-12/h1-3,5,18H,4,6H2. The number of nitrogens with zero attached hydrogens (tertiary/aromatic N) is 2. The monoisotopic (exact) mass is 343 g/mol. The zero-order chi connectivity index (χ0) is 14.3. The number of aromatic nitrogens is 2. The van der Waals surface area contributed by atoms with Gasteiger partial charge in [-0.15, -0.1) is 0 Å². The molecule has 0 amide bonds. The van der Waals surface area contributed by atoms with E-state index in [-0.39, 0.29) is 11.4 Å². The second kappa shape index (κ2) is 4.82. The summed E-state index contributed by atoms with van der Waals surface area (Å²) < 4.78 is 39.7. The van der Waals surface area contributed by atoms with Crippen molar-refractivity contribution in [2.45, 2.75) is 19.3 Å². The van der Waals surface area contributed by atoms with Gasteiger partial charge in [-0.3, -0.25) is 0 Å². The Morgan fingerprint density at radius 1 is 1.20 bits per heavy atom. The molecule has 1 aliphatic heterocycles. The molecule has 1 aromatic heterocycles. The highest BCUT2D eigenvalue weighted by Crippen LogP contribution is 2.37. The van der Waals surface area contributed by atoms with Gasteiger partial charge in [0.05, 0.1) is 11.3 Å². The topological polar surface area (TPSA) is 37.8 Å². The van der Waals surface area contributed by atoms with Crippen LogP contribution in [0.5, 0.6) is 0 Å². The number of hydrogen-bond acceptors (Lipinski definition) is 3. The predicted octanol–water partition coefficient (Wildman–Crippen LogP) is 3.53. The van der Waals surface area contributed by atoms with E-state index >= 15 is 0 Å². The Kier molecular flexibility index (Phi) is 3.25. The zero-order valence-corrected chi connectivity index (χ0v) is 11.7. The summed E-state index contributed by atoms with van der Waals surface area (Å²) in [5.41, 5.74) is 0.943. The fourth-order valence-electron chi connectivity index (χ4n) is 2.13. The Morgan fingerprint density at radius 2 is 2.00 bits per heavy atom. The van der Waals surface area contributed by atoms with E-state index in [1.54, 1.807) is 12.3 Å². The molecule has 104 valence electrons. The molecular weight excluding hydrogens is 335 g/mol. The molecule has 2 aromatic rings. The van der Waals surface area contributed by atoms with Gasteiger partial charge < -0.3 is 5.32 Å². The van der Waals surface area contributed by atoms with Gasteiger partial charge >= 0.3 is 6.18 Å². The van der Waals surface area contributed by atoms with Crippen LogP contribution < -0.4 is 5.32 Å². The maximum atomic E-state index is 13.1. The average Bonchev–Trinajstić information content (AvgIpc) is 2.84. The summed E-state index contributed by atoms with van der Waals surface area (Å²) in [7, 11) is 0. The Morgan fingerprint density at radius 3 is 2.75 bits per heavy atom. The summed E-state index contributed by atoms with van der Waals surface area (Å²) in [6, 6.07) is 3.99. The SMILES string of the molecule is FC(F)(F)c1cc(Br)ccc1-c1ncc2c(n1)CNC2. The predicted molar refractivity (Wildman–Crippen MR) is 70.7 cm³/mol. The van der Waals surface area contributed by atoms with Crippen LogP contribution in [0.4, 0.5) is 13.2 Å². The Hall–Kier alpha value is -1.47. The van der Waals surface area contributed by atoms with E-state index in [0.717, 1.165) is 17.3 Å². The van der Waals surface area contributed by atoms with Gasteiger partial charge in [-0.05, 0) is 18.2 Å². The first-order valence-corrected chi connectivity index (χ1v) is 6.67. The highest BCUT2D eigenvalue weighted by atomic mass is 79.9. The molecular formula is C13H9BrF3N3. The first-order chi connectivity index (χ1) is 9.45. The van der Waals surface area contributed by atoms with Crippen LogP contribution in [0.2, 0.25) is 0 Å². The fraction of sp³-hybridized carbons (Fsp3) is 0.231. The lowest BCUT2D eigenvalue weighted by Gasteiger charge is -2.12. The van der Waals surface area contributed by atoms with Crippen LogP contribution in [0.25, 0.3) is 11.4 Å². The summed E-state index contributed by atoms with van der Waals surface area (Å²) in [6.45, 7) is 1.21. The van der Waals surface area contributed by atoms with E-state index in [0.29, 0.717) is 17.6 Å². The molecule has 1 aromatic carbocycles. The van der Waals surface area contributed by atoms with Gasteiger partial charge in [-0.1, -0.05) is 15.9 Å². The summed E-state index contributed by atoms with van der Waals surface area (Å²) >= 11 is 3.06. The van der Waals surface area contributed by atoms with Crippen molar-refractivity contribution in [3.63, 3.8) is 0 Å². The molecule has 20 heavy (non-hydrogen) atoms. The molecule has 7 heteroatoms. The lowest BCUT2D eigenvalue weighted by Crippen LogP contribution is -2.09. The van der Waals surface area contributed by atoms with Gasteiger partial charge in [0.25, 0.3) is 0 Å². The van der Waals surface area contributed by atoms with Crippen molar-refractivity contribution in [2.24, 2.45) is 0 Å². The largest absolute Gasteiger partial charge is 0.417 e. The quantitative estimate of drug-likeness (QED) is 0.860. The van der Waals surface area contributed by atoms with Crippen LogP contribution in [-0.2, 0) is 19.3 Å². The molecule has 1 N–H and O–H groups in total. The van der Waals surface area contributed by atoms with Crippen LogP contribution in [0, 0.1) is 0 Å². The lowest BCUT2D eigenvalue weighted by atomic mass is 10.1. The Bertz CT molecular complexity index is 670. The van der Waals surface area contributed by atoms with Crippen LogP contribution in [-0.4, -0.2) is 9.97 Å². The molecule has 3 nitrogen and oxygen atoms in total. The summed E-state index contributed by atoms with van der Waals surface area (Å²) in [4.78, 5) is 8.30.